The third kappa shape index (κ3) is 2.50. The van der Waals surface area contributed by atoms with Gasteiger partial charge in [-0.25, -0.2) is 4.39 Å². The van der Waals surface area contributed by atoms with Crippen LogP contribution < -0.4 is 10.6 Å². The highest BCUT2D eigenvalue weighted by Gasteiger charge is 2.16. The van der Waals surface area contributed by atoms with Gasteiger partial charge in [0, 0.05) is 24.8 Å². The minimum absolute atomic E-state index is 0.147. The zero-order valence-corrected chi connectivity index (χ0v) is 10.4. The zero-order valence-electron chi connectivity index (χ0n) is 10.4. The van der Waals surface area contributed by atoms with Gasteiger partial charge in [0.25, 0.3) is 0 Å². The molecule has 3 heteroatoms. The Balaban J connectivity index is 2.43. The van der Waals surface area contributed by atoms with Crippen LogP contribution in [0.25, 0.3) is 0 Å². The molecule has 0 amide bonds. The molecule has 0 radical (unpaired) electrons. The molecular formula is C14H19FN2. The Labute approximate surface area is 102 Å². The van der Waals surface area contributed by atoms with E-state index < -0.39 is 0 Å². The standard InChI is InChI=1S/C14H19FN2/c1-10-8-14(17-6-4-3-5-7-17)12(11(2)16)9-13(10)15/h3-4,8-9,11H,5-7,16H2,1-2H3/t11-/m0/s1. The van der Waals surface area contributed by atoms with Crippen molar-refractivity contribution in [3.8, 4) is 0 Å². The minimum Gasteiger partial charge on any atom is -0.367 e. The van der Waals surface area contributed by atoms with Crippen LogP contribution in [0.5, 0.6) is 0 Å². The molecule has 0 aliphatic carbocycles. The van der Waals surface area contributed by atoms with Crippen LogP contribution in [-0.4, -0.2) is 13.1 Å². The molecule has 0 aromatic heterocycles. The molecule has 0 fully saturated rings. The van der Waals surface area contributed by atoms with Gasteiger partial charge in [0.05, 0.1) is 0 Å². The Kier molecular flexibility index (Phi) is 3.48. The molecule has 2 N–H and O–H groups in total. The van der Waals surface area contributed by atoms with Crippen LogP contribution >= 0.6 is 0 Å². The molecule has 2 rings (SSSR count). The Morgan fingerprint density at radius 1 is 1.35 bits per heavy atom. The van der Waals surface area contributed by atoms with E-state index in [1.165, 1.54) is 0 Å². The van der Waals surface area contributed by atoms with E-state index in [4.69, 9.17) is 5.73 Å². The Morgan fingerprint density at radius 2 is 2.12 bits per heavy atom. The molecule has 0 spiro atoms. The predicted molar refractivity (Wildman–Crippen MR) is 69.7 cm³/mol. The molecule has 1 aromatic rings. The van der Waals surface area contributed by atoms with E-state index in [0.29, 0.717) is 5.56 Å². The van der Waals surface area contributed by atoms with Crippen LogP contribution in [0.4, 0.5) is 10.1 Å². The SMILES string of the molecule is Cc1cc(N2CC=CCC2)c([C@H](C)N)cc1F. The molecule has 1 heterocycles. The topological polar surface area (TPSA) is 29.3 Å². The molecule has 0 bridgehead atoms. The van der Waals surface area contributed by atoms with E-state index in [0.717, 1.165) is 30.8 Å². The van der Waals surface area contributed by atoms with Crippen molar-refractivity contribution in [3.05, 3.63) is 41.2 Å². The minimum atomic E-state index is -0.173. The van der Waals surface area contributed by atoms with Crippen molar-refractivity contribution in [2.24, 2.45) is 5.73 Å². The predicted octanol–water partition coefficient (Wildman–Crippen LogP) is 2.92. The second kappa shape index (κ2) is 4.88. The molecule has 1 aliphatic heterocycles. The molecule has 1 atom stereocenters. The summed E-state index contributed by atoms with van der Waals surface area (Å²) in [6.07, 6.45) is 5.36. The highest BCUT2D eigenvalue weighted by molar-refractivity contribution is 5.58. The van der Waals surface area contributed by atoms with Crippen molar-refractivity contribution in [2.75, 3.05) is 18.0 Å². The molecule has 1 aliphatic rings. The van der Waals surface area contributed by atoms with Crippen molar-refractivity contribution >= 4 is 5.69 Å². The van der Waals surface area contributed by atoms with E-state index in [1.54, 1.807) is 13.0 Å². The summed E-state index contributed by atoms with van der Waals surface area (Å²) >= 11 is 0. The van der Waals surface area contributed by atoms with Gasteiger partial charge in [0.1, 0.15) is 5.82 Å². The summed E-state index contributed by atoms with van der Waals surface area (Å²) in [4.78, 5) is 2.26. The van der Waals surface area contributed by atoms with Crippen molar-refractivity contribution in [3.63, 3.8) is 0 Å². The van der Waals surface area contributed by atoms with Crippen molar-refractivity contribution in [1.29, 1.82) is 0 Å². The summed E-state index contributed by atoms with van der Waals surface area (Å²) in [5.41, 5.74) is 8.57. The normalized spacial score (nSPS) is 17.3. The number of halogens is 1. The largest absolute Gasteiger partial charge is 0.367 e. The van der Waals surface area contributed by atoms with Gasteiger partial charge in [0.15, 0.2) is 0 Å². The lowest BCUT2D eigenvalue weighted by molar-refractivity contribution is 0.612. The van der Waals surface area contributed by atoms with Crippen LogP contribution in [0.1, 0.15) is 30.5 Å². The van der Waals surface area contributed by atoms with Gasteiger partial charge in [-0.05, 0) is 43.5 Å². The molecule has 17 heavy (non-hydrogen) atoms. The van der Waals surface area contributed by atoms with E-state index in [2.05, 4.69) is 17.1 Å². The maximum atomic E-state index is 13.6. The average molecular weight is 234 g/mol. The van der Waals surface area contributed by atoms with Gasteiger partial charge in [0.2, 0.25) is 0 Å². The highest BCUT2D eigenvalue weighted by atomic mass is 19.1. The second-order valence-corrected chi connectivity index (χ2v) is 4.65. The first kappa shape index (κ1) is 12.1. The number of benzene rings is 1. The number of anilines is 1. The Morgan fingerprint density at radius 3 is 2.71 bits per heavy atom. The van der Waals surface area contributed by atoms with E-state index in [1.807, 2.05) is 13.0 Å². The van der Waals surface area contributed by atoms with Crippen LogP contribution in [0.2, 0.25) is 0 Å². The lowest BCUT2D eigenvalue weighted by Gasteiger charge is -2.29. The monoisotopic (exact) mass is 234 g/mol. The number of aryl methyl sites for hydroxylation is 1. The van der Waals surface area contributed by atoms with E-state index >= 15 is 0 Å². The number of nitrogens with two attached hydrogens (primary N) is 1. The number of hydrogen-bond donors (Lipinski definition) is 1. The number of nitrogens with zero attached hydrogens (tertiary/aromatic N) is 1. The van der Waals surface area contributed by atoms with Gasteiger partial charge < -0.3 is 10.6 Å². The van der Waals surface area contributed by atoms with Gasteiger partial charge >= 0.3 is 0 Å². The summed E-state index contributed by atoms with van der Waals surface area (Å²) in [5, 5.41) is 0. The smallest absolute Gasteiger partial charge is 0.126 e. The van der Waals surface area contributed by atoms with Crippen LogP contribution in [0.3, 0.4) is 0 Å². The van der Waals surface area contributed by atoms with E-state index in [9.17, 15) is 4.39 Å². The number of rotatable bonds is 2. The molecule has 0 saturated carbocycles. The fourth-order valence-corrected chi connectivity index (χ4v) is 2.18. The van der Waals surface area contributed by atoms with Crippen molar-refractivity contribution < 1.29 is 4.39 Å². The first-order valence-corrected chi connectivity index (χ1v) is 6.05. The average Bonchev–Trinajstić information content (AvgIpc) is 2.33. The maximum absolute atomic E-state index is 13.6. The maximum Gasteiger partial charge on any atom is 0.126 e. The summed E-state index contributed by atoms with van der Waals surface area (Å²) in [6, 6.07) is 3.34. The summed E-state index contributed by atoms with van der Waals surface area (Å²) in [7, 11) is 0. The highest BCUT2D eigenvalue weighted by Crippen LogP contribution is 2.29. The fraction of sp³-hybridized carbons (Fsp3) is 0.429. The molecule has 2 nitrogen and oxygen atoms in total. The number of hydrogen-bond acceptors (Lipinski definition) is 2. The lowest BCUT2D eigenvalue weighted by atomic mass is 10.0. The first-order valence-electron chi connectivity index (χ1n) is 6.05. The van der Waals surface area contributed by atoms with Crippen LogP contribution in [0, 0.1) is 12.7 Å². The summed E-state index contributed by atoms with van der Waals surface area (Å²) in [6.45, 7) is 5.54. The molecule has 1 aromatic carbocycles. The molecule has 0 unspecified atom stereocenters. The Hall–Kier alpha value is -1.35. The van der Waals surface area contributed by atoms with Crippen molar-refractivity contribution in [1.82, 2.24) is 0 Å². The van der Waals surface area contributed by atoms with Crippen molar-refractivity contribution in [2.45, 2.75) is 26.3 Å². The van der Waals surface area contributed by atoms with Crippen LogP contribution in [0.15, 0.2) is 24.3 Å². The van der Waals surface area contributed by atoms with Gasteiger partial charge in [-0.1, -0.05) is 12.2 Å². The van der Waals surface area contributed by atoms with Gasteiger partial charge in [-0.15, -0.1) is 0 Å². The van der Waals surface area contributed by atoms with Gasteiger partial charge in [-0.3, -0.25) is 0 Å². The summed E-state index contributed by atoms with van der Waals surface area (Å²) < 4.78 is 13.6. The third-order valence-corrected chi connectivity index (χ3v) is 3.20. The molecule has 0 saturated heterocycles. The fourth-order valence-electron chi connectivity index (χ4n) is 2.18. The quantitative estimate of drug-likeness (QED) is 0.797. The first-order chi connectivity index (χ1) is 8.09. The summed E-state index contributed by atoms with van der Waals surface area (Å²) in [5.74, 6) is -0.173. The second-order valence-electron chi connectivity index (χ2n) is 4.65. The van der Waals surface area contributed by atoms with E-state index in [-0.39, 0.29) is 11.9 Å². The Bertz CT molecular complexity index is 438. The zero-order chi connectivity index (χ0) is 12.4. The third-order valence-electron chi connectivity index (χ3n) is 3.20. The lowest BCUT2D eigenvalue weighted by Crippen LogP contribution is -2.29. The molecular weight excluding hydrogens is 215 g/mol. The molecule has 92 valence electrons. The van der Waals surface area contributed by atoms with Gasteiger partial charge in [-0.2, -0.15) is 0 Å². The van der Waals surface area contributed by atoms with Crippen LogP contribution in [-0.2, 0) is 0 Å².